The molecule has 2 nitrogen and oxygen atoms in total. The summed E-state index contributed by atoms with van der Waals surface area (Å²) < 4.78 is 0. The Morgan fingerprint density at radius 3 is 2.04 bits per heavy atom. The molecule has 4 rings (SSSR count). The van der Waals surface area contributed by atoms with Crippen molar-refractivity contribution in [3.63, 3.8) is 0 Å². The van der Waals surface area contributed by atoms with Crippen LogP contribution in [-0.4, -0.2) is 18.2 Å². The molecule has 0 bridgehead atoms. The minimum absolute atomic E-state index is 0.437. The van der Waals surface area contributed by atoms with Crippen molar-refractivity contribution in [2.75, 3.05) is 9.80 Å². The van der Waals surface area contributed by atoms with Crippen LogP contribution in [0.25, 0.3) is 10.8 Å². The van der Waals surface area contributed by atoms with Crippen molar-refractivity contribution in [3.8, 4) is 0 Å². The Bertz CT molecular complexity index is 732. The van der Waals surface area contributed by atoms with Gasteiger partial charge in [0.05, 0.1) is 17.5 Å². The molecule has 1 aliphatic heterocycles. The minimum atomic E-state index is 0.437. The van der Waals surface area contributed by atoms with Gasteiger partial charge in [-0.2, -0.15) is 0 Å². The molecule has 0 radical (unpaired) electrons. The molecule has 0 N–H and O–H groups in total. The van der Waals surface area contributed by atoms with E-state index in [-0.39, 0.29) is 0 Å². The fourth-order valence-corrected chi connectivity index (χ4v) is 4.81. The van der Waals surface area contributed by atoms with Gasteiger partial charge in [0.25, 0.3) is 0 Å². The van der Waals surface area contributed by atoms with Gasteiger partial charge in [-0.1, -0.05) is 43.5 Å². The Kier molecular flexibility index (Phi) is 3.94. The highest BCUT2D eigenvalue weighted by Crippen LogP contribution is 2.45. The molecule has 0 aromatic heterocycles. The number of hydrogen-bond donors (Lipinski definition) is 0. The van der Waals surface area contributed by atoms with Crippen LogP contribution in [0.3, 0.4) is 0 Å². The van der Waals surface area contributed by atoms with Crippen LogP contribution in [0, 0.1) is 5.92 Å². The Labute approximate surface area is 146 Å². The van der Waals surface area contributed by atoms with Gasteiger partial charge in [0, 0.05) is 12.1 Å². The van der Waals surface area contributed by atoms with E-state index in [1.165, 1.54) is 47.8 Å². The van der Waals surface area contributed by atoms with Gasteiger partial charge < -0.3 is 9.80 Å². The molecular weight excluding hydrogens is 292 g/mol. The van der Waals surface area contributed by atoms with E-state index >= 15 is 0 Å². The second-order valence-electron chi connectivity index (χ2n) is 8.11. The molecule has 2 aliphatic rings. The van der Waals surface area contributed by atoms with Crippen LogP contribution in [-0.2, 0) is 0 Å². The van der Waals surface area contributed by atoms with E-state index in [4.69, 9.17) is 0 Å². The predicted octanol–water partition coefficient (Wildman–Crippen LogP) is 5.80. The lowest BCUT2D eigenvalue weighted by atomic mass is 9.81. The maximum absolute atomic E-state index is 2.68. The zero-order chi connectivity index (χ0) is 16.8. The standard InChI is InChI=1S/C22H30N2/c1-15(2)23-17(4)24(16(3)12-18-8-7-9-18)22-14-20-11-6-5-10-19(20)13-21(22)23/h5-6,10-11,13-18H,7-9,12H2,1-4H3. The molecule has 1 fully saturated rings. The Balaban J connectivity index is 1.76. The van der Waals surface area contributed by atoms with Gasteiger partial charge >= 0.3 is 0 Å². The SMILES string of the molecule is CC(C)N1c2cc3ccccc3cc2N(C(C)CC2CCC2)C1C. The molecule has 2 atom stereocenters. The molecule has 128 valence electrons. The molecule has 0 spiro atoms. The average Bonchev–Trinajstić information content (AvgIpc) is 2.79. The van der Waals surface area contributed by atoms with E-state index in [1.807, 2.05) is 0 Å². The third-order valence-electron chi connectivity index (χ3n) is 6.13. The van der Waals surface area contributed by atoms with Gasteiger partial charge in [0.15, 0.2) is 0 Å². The van der Waals surface area contributed by atoms with Gasteiger partial charge in [0.2, 0.25) is 0 Å². The van der Waals surface area contributed by atoms with Crippen molar-refractivity contribution in [2.24, 2.45) is 5.92 Å². The Morgan fingerprint density at radius 1 is 0.958 bits per heavy atom. The first-order valence-electron chi connectivity index (χ1n) is 9.65. The van der Waals surface area contributed by atoms with Crippen LogP contribution in [0.2, 0.25) is 0 Å². The summed E-state index contributed by atoms with van der Waals surface area (Å²) in [4.78, 5) is 5.28. The Hall–Kier alpha value is -1.70. The number of hydrogen-bond acceptors (Lipinski definition) is 2. The summed E-state index contributed by atoms with van der Waals surface area (Å²) in [5.74, 6) is 0.948. The largest absolute Gasteiger partial charge is 0.347 e. The third-order valence-corrected chi connectivity index (χ3v) is 6.13. The maximum atomic E-state index is 2.68. The van der Waals surface area contributed by atoms with E-state index in [0.717, 1.165) is 5.92 Å². The van der Waals surface area contributed by atoms with E-state index in [1.54, 1.807) is 0 Å². The van der Waals surface area contributed by atoms with Crippen molar-refractivity contribution in [1.29, 1.82) is 0 Å². The number of benzene rings is 2. The smallest absolute Gasteiger partial charge is 0.0993 e. The van der Waals surface area contributed by atoms with Gasteiger partial charge in [-0.25, -0.2) is 0 Å². The summed E-state index contributed by atoms with van der Waals surface area (Å²) in [5, 5.41) is 2.71. The first-order valence-corrected chi connectivity index (χ1v) is 9.65. The summed E-state index contributed by atoms with van der Waals surface area (Å²) in [7, 11) is 0. The van der Waals surface area contributed by atoms with Gasteiger partial charge in [0.1, 0.15) is 0 Å². The third kappa shape index (κ3) is 2.47. The minimum Gasteiger partial charge on any atom is -0.347 e. The van der Waals surface area contributed by atoms with Crippen molar-refractivity contribution in [3.05, 3.63) is 36.4 Å². The van der Waals surface area contributed by atoms with Crippen molar-refractivity contribution >= 4 is 22.1 Å². The summed E-state index contributed by atoms with van der Waals surface area (Å²) in [6.45, 7) is 9.44. The summed E-state index contributed by atoms with van der Waals surface area (Å²) in [5.41, 5.74) is 2.85. The van der Waals surface area contributed by atoms with Crippen molar-refractivity contribution < 1.29 is 0 Å². The fraction of sp³-hybridized carbons (Fsp3) is 0.545. The van der Waals surface area contributed by atoms with E-state index in [0.29, 0.717) is 18.2 Å². The van der Waals surface area contributed by atoms with Crippen LogP contribution in [0.1, 0.15) is 53.4 Å². The van der Waals surface area contributed by atoms with Crippen LogP contribution >= 0.6 is 0 Å². The molecule has 0 saturated heterocycles. The van der Waals surface area contributed by atoms with Crippen LogP contribution in [0.15, 0.2) is 36.4 Å². The molecule has 1 saturated carbocycles. The average molecular weight is 322 g/mol. The van der Waals surface area contributed by atoms with Gasteiger partial charge in [-0.3, -0.25) is 0 Å². The zero-order valence-electron chi connectivity index (χ0n) is 15.5. The molecule has 2 aromatic rings. The van der Waals surface area contributed by atoms with Gasteiger partial charge in [-0.05, 0) is 62.9 Å². The summed E-state index contributed by atoms with van der Waals surface area (Å²) in [6.07, 6.45) is 6.08. The lowest BCUT2D eigenvalue weighted by Crippen LogP contribution is -2.48. The topological polar surface area (TPSA) is 6.48 Å². The summed E-state index contributed by atoms with van der Waals surface area (Å²) >= 11 is 0. The van der Waals surface area contributed by atoms with Crippen LogP contribution in [0.5, 0.6) is 0 Å². The molecule has 24 heavy (non-hydrogen) atoms. The molecular formula is C22H30N2. The highest BCUT2D eigenvalue weighted by atomic mass is 15.4. The number of fused-ring (bicyclic) bond motifs is 2. The molecule has 0 amide bonds. The lowest BCUT2D eigenvalue weighted by Gasteiger charge is -2.39. The fourth-order valence-electron chi connectivity index (χ4n) is 4.81. The predicted molar refractivity (Wildman–Crippen MR) is 105 cm³/mol. The van der Waals surface area contributed by atoms with Crippen LogP contribution < -0.4 is 9.80 Å². The molecule has 2 aromatic carbocycles. The number of rotatable bonds is 4. The first kappa shape index (κ1) is 15.8. The Morgan fingerprint density at radius 2 is 1.54 bits per heavy atom. The first-order chi connectivity index (χ1) is 11.6. The molecule has 1 heterocycles. The molecule has 2 unspecified atom stereocenters. The number of anilines is 2. The summed E-state index contributed by atoms with van der Waals surface area (Å²) in [6, 6.07) is 14.7. The van der Waals surface area contributed by atoms with Crippen LogP contribution in [0.4, 0.5) is 11.4 Å². The molecule has 2 heteroatoms. The second-order valence-corrected chi connectivity index (χ2v) is 8.11. The molecule has 1 aliphatic carbocycles. The van der Waals surface area contributed by atoms with E-state index in [9.17, 15) is 0 Å². The monoisotopic (exact) mass is 322 g/mol. The van der Waals surface area contributed by atoms with Crippen molar-refractivity contribution in [2.45, 2.75) is 71.6 Å². The van der Waals surface area contributed by atoms with Crippen molar-refractivity contribution in [1.82, 2.24) is 0 Å². The van der Waals surface area contributed by atoms with Gasteiger partial charge in [-0.15, -0.1) is 0 Å². The zero-order valence-corrected chi connectivity index (χ0v) is 15.5. The lowest BCUT2D eigenvalue weighted by molar-refractivity contribution is 0.273. The normalized spacial score (nSPS) is 22.1. The maximum Gasteiger partial charge on any atom is 0.0993 e. The van der Waals surface area contributed by atoms with E-state index in [2.05, 4.69) is 73.9 Å². The quantitative estimate of drug-likeness (QED) is 0.702. The van der Waals surface area contributed by atoms with E-state index < -0.39 is 0 Å². The highest BCUT2D eigenvalue weighted by Gasteiger charge is 2.37. The highest BCUT2D eigenvalue weighted by molar-refractivity contribution is 5.95. The second kappa shape index (κ2) is 5.98. The number of nitrogens with zero attached hydrogens (tertiary/aromatic N) is 2.